The molecule has 0 fully saturated rings. The zero-order valence-electron chi connectivity index (χ0n) is 11.4. The predicted octanol–water partition coefficient (Wildman–Crippen LogP) is 3.66. The van der Waals surface area contributed by atoms with Crippen molar-refractivity contribution < 1.29 is 13.2 Å². The van der Waals surface area contributed by atoms with Crippen LogP contribution in [0.15, 0.2) is 38.3 Å². The molecule has 0 radical (unpaired) electrons. The number of hydrogen-bond donors (Lipinski definition) is 0. The lowest BCUT2D eigenvalue weighted by molar-refractivity contribution is 0.414. The Bertz CT molecular complexity index is 770. The SMILES string of the molecule is COc1ccc2c(c1)CCCN2S(=O)(=O)c1sccc1Br. The molecule has 21 heavy (non-hydrogen) atoms. The average molecular weight is 388 g/mol. The molecule has 0 aliphatic carbocycles. The van der Waals surface area contributed by atoms with E-state index in [1.807, 2.05) is 12.1 Å². The summed E-state index contributed by atoms with van der Waals surface area (Å²) in [5.41, 5.74) is 1.76. The van der Waals surface area contributed by atoms with Crippen molar-refractivity contribution in [2.75, 3.05) is 18.0 Å². The number of hydrogen-bond acceptors (Lipinski definition) is 4. The lowest BCUT2D eigenvalue weighted by atomic mass is 10.0. The molecule has 1 aromatic carbocycles. The van der Waals surface area contributed by atoms with Gasteiger partial charge in [-0.3, -0.25) is 4.31 Å². The summed E-state index contributed by atoms with van der Waals surface area (Å²) >= 11 is 4.55. The molecule has 0 saturated heterocycles. The Morgan fingerprint density at radius 2 is 2.14 bits per heavy atom. The number of halogens is 1. The van der Waals surface area contributed by atoms with Crippen LogP contribution in [0.5, 0.6) is 5.75 Å². The summed E-state index contributed by atoms with van der Waals surface area (Å²) in [4.78, 5) is 0. The molecule has 112 valence electrons. The average Bonchev–Trinajstić information content (AvgIpc) is 2.93. The molecule has 1 aliphatic rings. The summed E-state index contributed by atoms with van der Waals surface area (Å²) < 4.78 is 33.4. The summed E-state index contributed by atoms with van der Waals surface area (Å²) in [6.45, 7) is 0.506. The van der Waals surface area contributed by atoms with Gasteiger partial charge < -0.3 is 4.74 Å². The summed E-state index contributed by atoms with van der Waals surface area (Å²) in [6, 6.07) is 7.30. The highest BCUT2D eigenvalue weighted by atomic mass is 79.9. The number of benzene rings is 1. The monoisotopic (exact) mass is 387 g/mol. The van der Waals surface area contributed by atoms with E-state index < -0.39 is 10.0 Å². The minimum atomic E-state index is -3.52. The van der Waals surface area contributed by atoms with Gasteiger partial charge >= 0.3 is 0 Å². The fraction of sp³-hybridized carbons (Fsp3) is 0.286. The highest BCUT2D eigenvalue weighted by Crippen LogP contribution is 2.37. The Morgan fingerprint density at radius 3 is 2.81 bits per heavy atom. The number of anilines is 1. The molecule has 1 aliphatic heterocycles. The largest absolute Gasteiger partial charge is 0.497 e. The molecule has 2 heterocycles. The van der Waals surface area contributed by atoms with Gasteiger partial charge in [-0.25, -0.2) is 8.42 Å². The van der Waals surface area contributed by atoms with Crippen molar-refractivity contribution in [1.29, 1.82) is 0 Å². The van der Waals surface area contributed by atoms with Crippen molar-refractivity contribution in [2.24, 2.45) is 0 Å². The van der Waals surface area contributed by atoms with Gasteiger partial charge in [-0.15, -0.1) is 11.3 Å². The number of thiophene rings is 1. The van der Waals surface area contributed by atoms with Crippen LogP contribution in [0.25, 0.3) is 0 Å². The maximum Gasteiger partial charge on any atom is 0.274 e. The Hall–Kier alpha value is -1.05. The number of fused-ring (bicyclic) bond motifs is 1. The van der Waals surface area contributed by atoms with Crippen molar-refractivity contribution in [2.45, 2.75) is 17.1 Å². The van der Waals surface area contributed by atoms with Crippen LogP contribution in [0.1, 0.15) is 12.0 Å². The van der Waals surface area contributed by atoms with Crippen molar-refractivity contribution in [1.82, 2.24) is 0 Å². The van der Waals surface area contributed by atoms with Crippen LogP contribution in [0.3, 0.4) is 0 Å². The Labute approximate surface area is 136 Å². The third kappa shape index (κ3) is 2.58. The number of aryl methyl sites for hydroxylation is 1. The van der Waals surface area contributed by atoms with Gasteiger partial charge in [0.25, 0.3) is 10.0 Å². The Balaban J connectivity index is 2.08. The molecule has 7 heteroatoms. The first kappa shape index (κ1) is 14.9. The molecule has 0 N–H and O–H groups in total. The number of nitrogens with zero attached hydrogens (tertiary/aromatic N) is 1. The normalized spacial score (nSPS) is 14.9. The van der Waals surface area contributed by atoms with Crippen molar-refractivity contribution in [3.8, 4) is 5.75 Å². The summed E-state index contributed by atoms with van der Waals surface area (Å²) in [7, 11) is -1.91. The highest BCUT2D eigenvalue weighted by Gasteiger charge is 2.31. The van der Waals surface area contributed by atoms with E-state index in [4.69, 9.17) is 4.74 Å². The van der Waals surface area contributed by atoms with E-state index in [1.54, 1.807) is 24.6 Å². The van der Waals surface area contributed by atoms with Crippen LogP contribution in [0, 0.1) is 0 Å². The Morgan fingerprint density at radius 1 is 1.33 bits per heavy atom. The molecule has 0 amide bonds. The molecule has 0 spiro atoms. The topological polar surface area (TPSA) is 46.6 Å². The summed E-state index contributed by atoms with van der Waals surface area (Å²) in [6.07, 6.45) is 1.67. The van der Waals surface area contributed by atoms with Crippen LogP contribution < -0.4 is 9.04 Å². The molecule has 0 atom stereocenters. The van der Waals surface area contributed by atoms with E-state index in [0.717, 1.165) is 29.8 Å². The first-order chi connectivity index (χ1) is 10.0. The molecule has 0 bridgehead atoms. The lowest BCUT2D eigenvalue weighted by Crippen LogP contribution is -2.35. The second kappa shape index (κ2) is 5.62. The van der Waals surface area contributed by atoms with Crippen LogP contribution >= 0.6 is 27.3 Å². The fourth-order valence-corrected chi connectivity index (χ4v) is 6.43. The predicted molar refractivity (Wildman–Crippen MR) is 87.9 cm³/mol. The standard InChI is InChI=1S/C14H14BrNO3S2/c1-19-11-4-5-13-10(9-11)3-2-7-16(13)21(17,18)14-12(15)6-8-20-14/h4-6,8-9H,2-3,7H2,1H3. The van der Waals surface area contributed by atoms with E-state index in [9.17, 15) is 8.42 Å². The van der Waals surface area contributed by atoms with Crippen molar-refractivity contribution in [3.05, 3.63) is 39.7 Å². The quantitative estimate of drug-likeness (QED) is 0.806. The van der Waals surface area contributed by atoms with E-state index in [1.165, 1.54) is 15.6 Å². The minimum absolute atomic E-state index is 0.353. The fourth-order valence-electron chi connectivity index (χ4n) is 2.48. The highest BCUT2D eigenvalue weighted by molar-refractivity contribution is 9.10. The van der Waals surface area contributed by atoms with Crippen LogP contribution in [0.4, 0.5) is 5.69 Å². The lowest BCUT2D eigenvalue weighted by Gasteiger charge is -2.30. The van der Waals surface area contributed by atoms with E-state index >= 15 is 0 Å². The van der Waals surface area contributed by atoms with E-state index in [0.29, 0.717) is 15.2 Å². The summed E-state index contributed by atoms with van der Waals surface area (Å²) in [5.74, 6) is 0.755. The van der Waals surface area contributed by atoms with E-state index in [2.05, 4.69) is 15.9 Å². The molecule has 3 rings (SSSR count). The van der Waals surface area contributed by atoms with Crippen LogP contribution in [-0.4, -0.2) is 22.1 Å². The number of sulfonamides is 1. The molecule has 2 aromatic rings. The molecule has 0 unspecified atom stereocenters. The van der Waals surface area contributed by atoms with E-state index in [-0.39, 0.29) is 0 Å². The number of methoxy groups -OCH3 is 1. The number of rotatable bonds is 3. The maximum atomic E-state index is 12.9. The Kier molecular flexibility index (Phi) is 3.98. The van der Waals surface area contributed by atoms with Gasteiger partial charge in [-0.05, 0) is 64.0 Å². The third-order valence-electron chi connectivity index (χ3n) is 3.47. The molecular formula is C14H14BrNO3S2. The molecular weight excluding hydrogens is 374 g/mol. The minimum Gasteiger partial charge on any atom is -0.497 e. The molecule has 4 nitrogen and oxygen atoms in total. The van der Waals surface area contributed by atoms with Gasteiger partial charge in [0, 0.05) is 11.0 Å². The van der Waals surface area contributed by atoms with Crippen LogP contribution in [-0.2, 0) is 16.4 Å². The smallest absolute Gasteiger partial charge is 0.274 e. The van der Waals surface area contributed by atoms with Gasteiger partial charge in [0.2, 0.25) is 0 Å². The first-order valence-electron chi connectivity index (χ1n) is 6.46. The second-order valence-corrected chi connectivity index (χ2v) is 8.56. The molecule has 1 aromatic heterocycles. The van der Waals surface area contributed by atoms with Crippen molar-refractivity contribution >= 4 is 43.0 Å². The second-order valence-electron chi connectivity index (χ2n) is 4.73. The zero-order chi connectivity index (χ0) is 15.0. The van der Waals surface area contributed by atoms with Gasteiger partial charge in [0.1, 0.15) is 5.75 Å². The molecule has 0 saturated carbocycles. The number of ether oxygens (including phenoxy) is 1. The van der Waals surface area contributed by atoms with Crippen molar-refractivity contribution in [3.63, 3.8) is 0 Å². The first-order valence-corrected chi connectivity index (χ1v) is 9.58. The van der Waals surface area contributed by atoms with Gasteiger partial charge in [-0.1, -0.05) is 0 Å². The maximum absolute atomic E-state index is 12.9. The zero-order valence-corrected chi connectivity index (χ0v) is 14.6. The summed E-state index contributed by atoms with van der Waals surface area (Å²) in [5, 5.41) is 1.77. The third-order valence-corrected chi connectivity index (χ3v) is 7.93. The van der Waals surface area contributed by atoms with Gasteiger partial charge in [0.05, 0.1) is 12.8 Å². The van der Waals surface area contributed by atoms with Gasteiger partial charge in [0.15, 0.2) is 4.21 Å². The van der Waals surface area contributed by atoms with Crippen LogP contribution in [0.2, 0.25) is 0 Å². The van der Waals surface area contributed by atoms with Gasteiger partial charge in [-0.2, -0.15) is 0 Å².